The molecule has 6 nitrogen and oxygen atoms in total. The lowest BCUT2D eigenvalue weighted by molar-refractivity contribution is -0.133. The molecule has 2 aliphatic rings. The van der Waals surface area contributed by atoms with Gasteiger partial charge in [0.25, 0.3) is 5.91 Å². The normalized spacial score (nSPS) is 20.4. The van der Waals surface area contributed by atoms with Crippen molar-refractivity contribution in [3.05, 3.63) is 101 Å². The molecule has 2 heterocycles. The van der Waals surface area contributed by atoms with Crippen molar-refractivity contribution in [2.24, 2.45) is 0 Å². The summed E-state index contributed by atoms with van der Waals surface area (Å²) >= 11 is 0. The summed E-state index contributed by atoms with van der Waals surface area (Å²) in [6.07, 6.45) is 5.93. The molecular weight excluding hydrogens is 438 g/mol. The molecule has 5 rings (SSSR count). The van der Waals surface area contributed by atoms with Crippen molar-refractivity contribution in [3.63, 3.8) is 0 Å². The van der Waals surface area contributed by atoms with Crippen molar-refractivity contribution < 1.29 is 14.3 Å². The van der Waals surface area contributed by atoms with E-state index < -0.39 is 0 Å². The average molecular weight is 470 g/mol. The number of aryl methyl sites for hydroxylation is 1. The highest BCUT2D eigenvalue weighted by molar-refractivity contribution is 5.94. The van der Waals surface area contributed by atoms with Crippen LogP contribution in [0.2, 0.25) is 0 Å². The molecule has 1 N–H and O–H groups in total. The second-order valence-electron chi connectivity index (χ2n) is 9.45. The number of pyridine rings is 1. The predicted molar refractivity (Wildman–Crippen MR) is 134 cm³/mol. The topological polar surface area (TPSA) is 71.5 Å². The predicted octanol–water partition coefficient (Wildman–Crippen LogP) is 4.07. The second kappa shape index (κ2) is 10.0. The van der Waals surface area contributed by atoms with Crippen LogP contribution in [-0.2, 0) is 21.4 Å². The number of hydrogen-bond donors (Lipinski definition) is 1. The molecule has 1 aromatic heterocycles. The number of nitrogens with one attached hydrogen (secondary N) is 1. The Morgan fingerprint density at radius 2 is 1.69 bits per heavy atom. The molecule has 35 heavy (non-hydrogen) atoms. The van der Waals surface area contributed by atoms with Crippen LogP contribution < -0.4 is 5.32 Å². The molecule has 180 valence electrons. The molecule has 2 amide bonds. The molecule has 1 spiro atoms. The number of aromatic nitrogens is 1. The first kappa shape index (κ1) is 23.2. The van der Waals surface area contributed by atoms with Gasteiger partial charge >= 0.3 is 0 Å². The minimum Gasteiger partial charge on any atom is -0.378 e. The zero-order chi connectivity index (χ0) is 24.3. The van der Waals surface area contributed by atoms with E-state index in [1.165, 1.54) is 11.1 Å². The van der Waals surface area contributed by atoms with Gasteiger partial charge in [-0.1, -0.05) is 54.6 Å². The number of amides is 2. The summed E-state index contributed by atoms with van der Waals surface area (Å²) in [7, 11) is 1.72. The minimum atomic E-state index is -0.253. The van der Waals surface area contributed by atoms with Gasteiger partial charge in [0.15, 0.2) is 0 Å². The molecule has 0 saturated carbocycles. The first-order valence-electron chi connectivity index (χ1n) is 12.3. The van der Waals surface area contributed by atoms with E-state index in [1.54, 1.807) is 31.6 Å². The molecule has 1 saturated heterocycles. The highest BCUT2D eigenvalue weighted by Gasteiger charge is 2.54. The zero-order valence-electron chi connectivity index (χ0n) is 20.0. The summed E-state index contributed by atoms with van der Waals surface area (Å²) in [6.45, 7) is 1.37. The number of carbonyl (C=O) groups excluding carboxylic acids is 2. The van der Waals surface area contributed by atoms with E-state index in [0.29, 0.717) is 25.1 Å². The summed E-state index contributed by atoms with van der Waals surface area (Å²) in [5.41, 5.74) is 3.85. The number of ether oxygens (including phenoxy) is 1. The van der Waals surface area contributed by atoms with Crippen molar-refractivity contribution in [1.82, 2.24) is 15.2 Å². The molecule has 0 unspecified atom stereocenters. The molecule has 1 aliphatic carbocycles. The lowest BCUT2D eigenvalue weighted by atomic mass is 9.71. The number of methoxy groups -OCH3 is 1. The Labute approximate surface area is 206 Å². The highest BCUT2D eigenvalue weighted by atomic mass is 16.5. The standard InChI is InChI=1S/C29H31N3O3/c1-35-27-26(31-28(34)22-13-17-30-18-14-22)23-9-5-6-10-24(23)29(27)15-19-32(20-16-29)25(33)12-11-21-7-3-2-4-8-21/h2-10,13-14,17-18,26-27H,11-12,15-16,19-20H2,1H3,(H,31,34)/t26-,27+/m0/s1. The molecule has 1 fully saturated rings. The molecule has 2 atom stereocenters. The van der Waals surface area contributed by atoms with Gasteiger partial charge in [-0.25, -0.2) is 0 Å². The Morgan fingerprint density at radius 1 is 1.00 bits per heavy atom. The van der Waals surface area contributed by atoms with E-state index in [-0.39, 0.29) is 29.4 Å². The highest BCUT2D eigenvalue weighted by Crippen LogP contribution is 2.52. The first-order valence-corrected chi connectivity index (χ1v) is 12.3. The number of rotatable bonds is 6. The largest absolute Gasteiger partial charge is 0.378 e. The van der Waals surface area contributed by atoms with Gasteiger partial charge < -0.3 is 15.0 Å². The van der Waals surface area contributed by atoms with Gasteiger partial charge in [-0.2, -0.15) is 0 Å². The minimum absolute atomic E-state index is 0.139. The molecule has 3 aromatic rings. The maximum atomic E-state index is 13.0. The summed E-state index contributed by atoms with van der Waals surface area (Å²) in [6, 6.07) is 21.6. The Bertz CT molecular complexity index is 1170. The quantitative estimate of drug-likeness (QED) is 0.591. The van der Waals surface area contributed by atoms with Crippen LogP contribution in [0.25, 0.3) is 0 Å². The summed E-state index contributed by atoms with van der Waals surface area (Å²) < 4.78 is 6.11. The molecule has 2 aromatic carbocycles. The average Bonchev–Trinajstić information content (AvgIpc) is 3.17. The third-order valence-corrected chi connectivity index (χ3v) is 7.64. The van der Waals surface area contributed by atoms with E-state index in [0.717, 1.165) is 24.8 Å². The molecule has 6 heteroatoms. The summed E-state index contributed by atoms with van der Waals surface area (Å²) in [5.74, 6) is 0.0614. The van der Waals surface area contributed by atoms with Gasteiger partial charge in [0.1, 0.15) is 0 Å². The van der Waals surface area contributed by atoms with Crippen molar-refractivity contribution in [1.29, 1.82) is 0 Å². The van der Waals surface area contributed by atoms with Crippen molar-refractivity contribution in [3.8, 4) is 0 Å². The third-order valence-electron chi connectivity index (χ3n) is 7.64. The Hall–Kier alpha value is -3.51. The molecule has 0 radical (unpaired) electrons. The van der Waals surface area contributed by atoms with Crippen LogP contribution in [0.15, 0.2) is 79.1 Å². The van der Waals surface area contributed by atoms with Crippen LogP contribution in [0.3, 0.4) is 0 Å². The maximum absolute atomic E-state index is 13.0. The van der Waals surface area contributed by atoms with Crippen molar-refractivity contribution in [2.75, 3.05) is 20.2 Å². The van der Waals surface area contributed by atoms with Crippen molar-refractivity contribution >= 4 is 11.8 Å². The van der Waals surface area contributed by atoms with Crippen LogP contribution in [0, 0.1) is 0 Å². The number of hydrogen-bond acceptors (Lipinski definition) is 4. The van der Waals surface area contributed by atoms with Crippen LogP contribution in [-0.4, -0.2) is 48.0 Å². The van der Waals surface area contributed by atoms with Crippen LogP contribution >= 0.6 is 0 Å². The fourth-order valence-electron chi connectivity index (χ4n) is 5.86. The monoisotopic (exact) mass is 469 g/mol. The SMILES string of the molecule is CO[C@@H]1[C@@H](NC(=O)c2ccncc2)c2ccccc2C12CCN(C(=O)CCc1ccccc1)CC2. The number of benzene rings is 2. The van der Waals surface area contributed by atoms with Crippen LogP contribution in [0.4, 0.5) is 0 Å². The zero-order valence-corrected chi connectivity index (χ0v) is 20.0. The Balaban J connectivity index is 1.32. The number of likely N-dealkylation sites (tertiary alicyclic amines) is 1. The molecule has 0 bridgehead atoms. The lowest BCUT2D eigenvalue weighted by Crippen LogP contribution is -2.51. The van der Waals surface area contributed by atoms with Gasteiger partial charge in [0.05, 0.1) is 12.1 Å². The van der Waals surface area contributed by atoms with Gasteiger partial charge in [0, 0.05) is 50.0 Å². The van der Waals surface area contributed by atoms with E-state index >= 15 is 0 Å². The Kier molecular flexibility index (Phi) is 6.64. The van der Waals surface area contributed by atoms with Crippen LogP contribution in [0.5, 0.6) is 0 Å². The van der Waals surface area contributed by atoms with Crippen molar-refractivity contribution in [2.45, 2.75) is 43.2 Å². The number of fused-ring (bicyclic) bond motifs is 2. The molecular formula is C29H31N3O3. The Morgan fingerprint density at radius 3 is 2.40 bits per heavy atom. The number of piperidine rings is 1. The number of carbonyl (C=O) groups is 2. The van der Waals surface area contributed by atoms with E-state index in [9.17, 15) is 9.59 Å². The second-order valence-corrected chi connectivity index (χ2v) is 9.45. The van der Waals surface area contributed by atoms with Crippen LogP contribution in [0.1, 0.15) is 52.4 Å². The third kappa shape index (κ3) is 4.46. The van der Waals surface area contributed by atoms with E-state index in [4.69, 9.17) is 4.74 Å². The number of nitrogens with zero attached hydrogens (tertiary/aromatic N) is 2. The van der Waals surface area contributed by atoms with E-state index in [2.05, 4.69) is 40.6 Å². The summed E-state index contributed by atoms with van der Waals surface area (Å²) in [5, 5.41) is 3.22. The molecule has 1 aliphatic heterocycles. The smallest absolute Gasteiger partial charge is 0.251 e. The fourth-order valence-corrected chi connectivity index (χ4v) is 5.86. The first-order chi connectivity index (χ1) is 17.1. The van der Waals surface area contributed by atoms with Gasteiger partial charge in [0.2, 0.25) is 5.91 Å². The maximum Gasteiger partial charge on any atom is 0.251 e. The van der Waals surface area contributed by atoms with Gasteiger partial charge in [-0.3, -0.25) is 14.6 Å². The van der Waals surface area contributed by atoms with Gasteiger partial charge in [-0.15, -0.1) is 0 Å². The lowest BCUT2D eigenvalue weighted by Gasteiger charge is -2.44. The fraction of sp³-hybridized carbons (Fsp3) is 0.345. The summed E-state index contributed by atoms with van der Waals surface area (Å²) in [4.78, 5) is 32.0. The van der Waals surface area contributed by atoms with E-state index in [1.807, 2.05) is 29.2 Å². The van der Waals surface area contributed by atoms with Gasteiger partial charge in [-0.05, 0) is 48.1 Å².